The molecule has 0 amide bonds. The van der Waals surface area contributed by atoms with Crippen molar-refractivity contribution in [3.05, 3.63) is 11.9 Å². The maximum absolute atomic E-state index is 8.64. The molecular weight excluding hydrogens is 192 g/mol. The van der Waals surface area contributed by atoms with E-state index in [4.69, 9.17) is 10.8 Å². The predicted molar refractivity (Wildman–Crippen MR) is 60.6 cm³/mol. The Kier molecular flexibility index (Phi) is 4.83. The maximum atomic E-state index is 8.64. The largest absolute Gasteiger partial charge is 0.396 e. The Morgan fingerprint density at radius 3 is 2.93 bits per heavy atom. The van der Waals surface area contributed by atoms with Crippen LogP contribution in [0.4, 0.5) is 11.6 Å². The highest BCUT2D eigenvalue weighted by molar-refractivity contribution is 5.44. The minimum Gasteiger partial charge on any atom is -0.396 e. The monoisotopic (exact) mass is 210 g/mol. The van der Waals surface area contributed by atoms with Crippen molar-refractivity contribution in [1.29, 1.82) is 0 Å². The standard InChI is InChI=1S/C10H18N4O/c1-2-4-9-13-8(11)7-10(14-9)12-5-3-6-15/h7,15H,2-6H2,1H3,(H3,11,12,13,14). The van der Waals surface area contributed by atoms with Gasteiger partial charge in [0.2, 0.25) is 0 Å². The van der Waals surface area contributed by atoms with Crippen molar-refractivity contribution in [1.82, 2.24) is 9.97 Å². The molecule has 84 valence electrons. The Labute approximate surface area is 89.7 Å². The van der Waals surface area contributed by atoms with Gasteiger partial charge in [0.05, 0.1) is 0 Å². The third-order valence-electron chi connectivity index (χ3n) is 1.91. The minimum absolute atomic E-state index is 0.176. The summed E-state index contributed by atoms with van der Waals surface area (Å²) in [4.78, 5) is 8.44. The van der Waals surface area contributed by atoms with Gasteiger partial charge in [0.1, 0.15) is 17.5 Å². The lowest BCUT2D eigenvalue weighted by Gasteiger charge is -2.07. The van der Waals surface area contributed by atoms with Gasteiger partial charge in [0.15, 0.2) is 0 Å². The van der Waals surface area contributed by atoms with E-state index in [0.29, 0.717) is 18.8 Å². The maximum Gasteiger partial charge on any atom is 0.133 e. The molecule has 0 aliphatic rings. The van der Waals surface area contributed by atoms with Gasteiger partial charge in [-0.3, -0.25) is 0 Å². The van der Waals surface area contributed by atoms with Crippen molar-refractivity contribution in [3.8, 4) is 0 Å². The molecule has 0 atom stereocenters. The molecule has 0 fully saturated rings. The first kappa shape index (κ1) is 11.7. The second kappa shape index (κ2) is 6.19. The van der Waals surface area contributed by atoms with Gasteiger partial charge < -0.3 is 16.2 Å². The van der Waals surface area contributed by atoms with Crippen molar-refractivity contribution >= 4 is 11.6 Å². The number of aryl methyl sites for hydroxylation is 1. The Bertz CT molecular complexity index is 303. The lowest BCUT2D eigenvalue weighted by atomic mass is 10.3. The zero-order valence-electron chi connectivity index (χ0n) is 9.03. The second-order valence-corrected chi connectivity index (χ2v) is 3.35. The summed E-state index contributed by atoms with van der Waals surface area (Å²) in [5, 5.41) is 11.7. The van der Waals surface area contributed by atoms with Gasteiger partial charge >= 0.3 is 0 Å². The Morgan fingerprint density at radius 1 is 1.47 bits per heavy atom. The summed E-state index contributed by atoms with van der Waals surface area (Å²) in [6, 6.07) is 1.70. The summed E-state index contributed by atoms with van der Waals surface area (Å²) >= 11 is 0. The number of nitrogens with one attached hydrogen (secondary N) is 1. The van der Waals surface area contributed by atoms with Gasteiger partial charge in [-0.05, 0) is 12.8 Å². The van der Waals surface area contributed by atoms with E-state index in [-0.39, 0.29) is 6.61 Å². The van der Waals surface area contributed by atoms with Crippen LogP contribution in [0, 0.1) is 0 Å². The van der Waals surface area contributed by atoms with Crippen molar-refractivity contribution in [2.24, 2.45) is 0 Å². The van der Waals surface area contributed by atoms with E-state index >= 15 is 0 Å². The molecule has 1 heterocycles. The lowest BCUT2D eigenvalue weighted by molar-refractivity contribution is 0.292. The van der Waals surface area contributed by atoms with E-state index in [1.165, 1.54) is 0 Å². The van der Waals surface area contributed by atoms with Crippen LogP contribution in [0.2, 0.25) is 0 Å². The molecule has 1 aromatic heterocycles. The van der Waals surface area contributed by atoms with Crippen LogP contribution in [0.1, 0.15) is 25.6 Å². The fourth-order valence-corrected chi connectivity index (χ4v) is 1.24. The molecule has 0 saturated carbocycles. The summed E-state index contributed by atoms with van der Waals surface area (Å²) < 4.78 is 0. The van der Waals surface area contributed by atoms with Crippen LogP contribution in [-0.4, -0.2) is 28.2 Å². The molecule has 4 N–H and O–H groups in total. The van der Waals surface area contributed by atoms with Gasteiger partial charge in [-0.15, -0.1) is 0 Å². The number of rotatable bonds is 6. The van der Waals surface area contributed by atoms with E-state index in [2.05, 4.69) is 22.2 Å². The first-order valence-corrected chi connectivity index (χ1v) is 5.24. The summed E-state index contributed by atoms with van der Waals surface area (Å²) in [6.07, 6.45) is 2.53. The number of aromatic nitrogens is 2. The number of nitrogens with two attached hydrogens (primary N) is 1. The van der Waals surface area contributed by atoms with Crippen molar-refractivity contribution in [2.45, 2.75) is 26.2 Å². The van der Waals surface area contributed by atoms with Crippen LogP contribution in [0.15, 0.2) is 6.07 Å². The zero-order valence-corrected chi connectivity index (χ0v) is 9.03. The third-order valence-corrected chi connectivity index (χ3v) is 1.91. The molecule has 0 aliphatic heterocycles. The summed E-state index contributed by atoms with van der Waals surface area (Å²) in [5.74, 6) is 1.99. The zero-order chi connectivity index (χ0) is 11.1. The molecular formula is C10H18N4O. The Hall–Kier alpha value is -1.36. The highest BCUT2D eigenvalue weighted by Gasteiger charge is 2.01. The molecule has 15 heavy (non-hydrogen) atoms. The van der Waals surface area contributed by atoms with Crippen LogP contribution in [0.3, 0.4) is 0 Å². The van der Waals surface area contributed by atoms with E-state index in [1.807, 2.05) is 0 Å². The van der Waals surface area contributed by atoms with E-state index in [1.54, 1.807) is 6.07 Å². The van der Waals surface area contributed by atoms with Gasteiger partial charge in [0.25, 0.3) is 0 Å². The van der Waals surface area contributed by atoms with E-state index < -0.39 is 0 Å². The number of aliphatic hydroxyl groups excluding tert-OH is 1. The average molecular weight is 210 g/mol. The van der Waals surface area contributed by atoms with Crippen LogP contribution in [-0.2, 0) is 6.42 Å². The Morgan fingerprint density at radius 2 is 2.27 bits per heavy atom. The first-order valence-electron chi connectivity index (χ1n) is 5.24. The van der Waals surface area contributed by atoms with E-state index in [9.17, 15) is 0 Å². The van der Waals surface area contributed by atoms with Crippen LogP contribution >= 0.6 is 0 Å². The highest BCUT2D eigenvalue weighted by atomic mass is 16.3. The average Bonchev–Trinajstić information content (AvgIpc) is 2.18. The number of nitrogens with zero attached hydrogens (tertiary/aromatic N) is 2. The van der Waals surface area contributed by atoms with Gasteiger partial charge in [-0.25, -0.2) is 9.97 Å². The normalized spacial score (nSPS) is 10.3. The van der Waals surface area contributed by atoms with Crippen LogP contribution in [0.25, 0.3) is 0 Å². The second-order valence-electron chi connectivity index (χ2n) is 3.35. The Balaban J connectivity index is 2.62. The smallest absolute Gasteiger partial charge is 0.133 e. The molecule has 1 rings (SSSR count). The molecule has 0 aromatic carbocycles. The SMILES string of the molecule is CCCc1nc(N)cc(NCCCO)n1. The van der Waals surface area contributed by atoms with Crippen molar-refractivity contribution < 1.29 is 5.11 Å². The number of nitrogen functional groups attached to an aromatic ring is 1. The topological polar surface area (TPSA) is 84.1 Å². The predicted octanol–water partition coefficient (Wildman–Crippen LogP) is 0.806. The number of hydrogen-bond acceptors (Lipinski definition) is 5. The number of aliphatic hydroxyl groups is 1. The molecule has 0 spiro atoms. The van der Waals surface area contributed by atoms with Crippen LogP contribution < -0.4 is 11.1 Å². The molecule has 5 nitrogen and oxygen atoms in total. The number of hydrogen-bond donors (Lipinski definition) is 3. The molecule has 0 bridgehead atoms. The van der Waals surface area contributed by atoms with Crippen molar-refractivity contribution in [2.75, 3.05) is 24.2 Å². The molecule has 0 saturated heterocycles. The third kappa shape index (κ3) is 4.12. The summed E-state index contributed by atoms with van der Waals surface area (Å²) in [7, 11) is 0. The summed E-state index contributed by atoms with van der Waals surface area (Å²) in [6.45, 7) is 2.94. The fraction of sp³-hybridized carbons (Fsp3) is 0.600. The van der Waals surface area contributed by atoms with Gasteiger partial charge in [-0.2, -0.15) is 0 Å². The first-order chi connectivity index (χ1) is 7.26. The molecule has 1 aromatic rings. The lowest BCUT2D eigenvalue weighted by Crippen LogP contribution is -2.08. The van der Waals surface area contributed by atoms with Crippen LogP contribution in [0.5, 0.6) is 0 Å². The summed E-state index contributed by atoms with van der Waals surface area (Å²) in [5.41, 5.74) is 5.65. The molecule has 0 unspecified atom stereocenters. The highest BCUT2D eigenvalue weighted by Crippen LogP contribution is 2.09. The number of anilines is 2. The van der Waals surface area contributed by atoms with E-state index in [0.717, 1.165) is 24.5 Å². The van der Waals surface area contributed by atoms with Crippen molar-refractivity contribution in [3.63, 3.8) is 0 Å². The minimum atomic E-state index is 0.176. The van der Waals surface area contributed by atoms with Gasteiger partial charge in [-0.1, -0.05) is 6.92 Å². The molecule has 5 heteroatoms. The fourth-order valence-electron chi connectivity index (χ4n) is 1.24. The molecule has 0 radical (unpaired) electrons. The molecule has 0 aliphatic carbocycles. The van der Waals surface area contributed by atoms with Gasteiger partial charge in [0, 0.05) is 25.6 Å². The quantitative estimate of drug-likeness (QED) is 0.605.